The van der Waals surface area contributed by atoms with E-state index >= 15 is 0 Å². The third-order valence-corrected chi connectivity index (χ3v) is 3.59. The van der Waals surface area contributed by atoms with E-state index in [0.29, 0.717) is 5.92 Å². The molecule has 1 atom stereocenters. The molecule has 0 aliphatic rings. The molecule has 0 aliphatic heterocycles. The molecule has 0 heterocycles. The van der Waals surface area contributed by atoms with E-state index in [0.717, 1.165) is 15.7 Å². The summed E-state index contributed by atoms with van der Waals surface area (Å²) in [6, 6.07) is 8.65. The quantitative estimate of drug-likeness (QED) is 0.687. The molecule has 0 aromatic heterocycles. The van der Waals surface area contributed by atoms with Crippen molar-refractivity contribution in [2.24, 2.45) is 5.92 Å². The summed E-state index contributed by atoms with van der Waals surface area (Å²) in [7, 11) is 0. The molecule has 1 rings (SSSR count). The van der Waals surface area contributed by atoms with Gasteiger partial charge in [-0.05, 0) is 36.0 Å². The largest absolute Gasteiger partial charge is 0.0921 e. The van der Waals surface area contributed by atoms with Crippen LogP contribution in [-0.2, 0) is 0 Å². The van der Waals surface area contributed by atoms with E-state index in [1.54, 1.807) is 0 Å². The number of rotatable bonds is 4. The molecular weight excluding hydrogens is 304 g/mol. The fourth-order valence-electron chi connectivity index (χ4n) is 1.59. The van der Waals surface area contributed by atoms with Crippen LogP contribution >= 0.6 is 31.9 Å². The van der Waals surface area contributed by atoms with E-state index in [2.05, 4.69) is 70.0 Å². The van der Waals surface area contributed by atoms with E-state index in [-0.39, 0.29) is 0 Å². The normalized spacial score (nSPS) is 13.2. The summed E-state index contributed by atoms with van der Waals surface area (Å²) >= 11 is 7.04. The smallest absolute Gasteiger partial charge is 0.0175 e. The van der Waals surface area contributed by atoms with E-state index in [1.807, 2.05) is 0 Å². The lowest BCUT2D eigenvalue weighted by Crippen LogP contribution is -2.04. The molecule has 0 bridgehead atoms. The van der Waals surface area contributed by atoms with E-state index < -0.39 is 0 Å². The van der Waals surface area contributed by atoms with Gasteiger partial charge < -0.3 is 0 Å². The van der Waals surface area contributed by atoms with Gasteiger partial charge >= 0.3 is 0 Å². The van der Waals surface area contributed by atoms with Gasteiger partial charge in [0.05, 0.1) is 0 Å². The lowest BCUT2D eigenvalue weighted by molar-refractivity contribution is 0.529. The predicted molar refractivity (Wildman–Crippen MR) is 70.1 cm³/mol. The summed E-state index contributed by atoms with van der Waals surface area (Å²) in [6.45, 7) is 4.54. The Morgan fingerprint density at radius 1 is 1.14 bits per heavy atom. The van der Waals surface area contributed by atoms with Crippen molar-refractivity contribution in [2.45, 2.75) is 26.2 Å². The van der Waals surface area contributed by atoms with Crippen molar-refractivity contribution in [3.05, 3.63) is 34.3 Å². The molecule has 0 aliphatic carbocycles. The fourth-order valence-corrected chi connectivity index (χ4v) is 2.49. The highest BCUT2D eigenvalue weighted by atomic mass is 79.9. The molecule has 0 saturated carbocycles. The maximum atomic E-state index is 3.59. The van der Waals surface area contributed by atoms with Gasteiger partial charge in [0.25, 0.3) is 0 Å². The van der Waals surface area contributed by atoms with Gasteiger partial charge in [-0.3, -0.25) is 0 Å². The average Bonchev–Trinajstić information content (AvgIpc) is 2.15. The van der Waals surface area contributed by atoms with Crippen LogP contribution in [0.25, 0.3) is 0 Å². The monoisotopic (exact) mass is 318 g/mol. The Morgan fingerprint density at radius 3 is 2.14 bits per heavy atom. The first-order valence-corrected chi connectivity index (χ1v) is 6.86. The molecule has 1 aromatic rings. The summed E-state index contributed by atoms with van der Waals surface area (Å²) in [5, 5.41) is 1.05. The number of alkyl halides is 1. The average molecular weight is 320 g/mol. The minimum absolute atomic E-state index is 0.642. The zero-order chi connectivity index (χ0) is 10.6. The Morgan fingerprint density at radius 2 is 1.71 bits per heavy atom. The molecule has 14 heavy (non-hydrogen) atoms. The second-order valence-corrected chi connectivity index (χ2v) is 5.60. The standard InChI is InChI=1S/C12H16Br2/c1-9(2)7-11(8-13)10-3-5-12(14)6-4-10/h3-6,9,11H,7-8H2,1-2H3. The van der Waals surface area contributed by atoms with Crippen molar-refractivity contribution < 1.29 is 0 Å². The Balaban J connectivity index is 2.73. The van der Waals surface area contributed by atoms with E-state index in [4.69, 9.17) is 0 Å². The summed E-state index contributed by atoms with van der Waals surface area (Å²) in [5.41, 5.74) is 1.43. The molecule has 0 N–H and O–H groups in total. The molecule has 2 heteroatoms. The van der Waals surface area contributed by atoms with Gasteiger partial charge in [0.15, 0.2) is 0 Å². The first-order chi connectivity index (χ1) is 6.63. The highest BCUT2D eigenvalue weighted by Crippen LogP contribution is 2.26. The van der Waals surface area contributed by atoms with Crippen molar-refractivity contribution in [1.29, 1.82) is 0 Å². The van der Waals surface area contributed by atoms with Crippen molar-refractivity contribution in [3.63, 3.8) is 0 Å². The van der Waals surface area contributed by atoms with Crippen molar-refractivity contribution in [1.82, 2.24) is 0 Å². The topological polar surface area (TPSA) is 0 Å². The highest BCUT2D eigenvalue weighted by molar-refractivity contribution is 9.10. The maximum absolute atomic E-state index is 3.59. The van der Waals surface area contributed by atoms with Crippen LogP contribution in [0, 0.1) is 5.92 Å². The molecule has 0 nitrogen and oxygen atoms in total. The van der Waals surface area contributed by atoms with Crippen LogP contribution in [0.3, 0.4) is 0 Å². The molecule has 1 unspecified atom stereocenters. The predicted octanol–water partition coefficient (Wildman–Crippen LogP) is 4.97. The molecule has 78 valence electrons. The Kier molecular flexibility index (Phi) is 5.18. The molecule has 1 aromatic carbocycles. The molecule has 0 spiro atoms. The van der Waals surface area contributed by atoms with Crippen LogP contribution in [0.1, 0.15) is 31.7 Å². The van der Waals surface area contributed by atoms with Crippen LogP contribution in [0.5, 0.6) is 0 Å². The maximum Gasteiger partial charge on any atom is 0.0175 e. The van der Waals surface area contributed by atoms with Gasteiger partial charge in [0.2, 0.25) is 0 Å². The molecule has 0 radical (unpaired) electrons. The fraction of sp³-hybridized carbons (Fsp3) is 0.500. The van der Waals surface area contributed by atoms with Crippen LogP contribution in [0.4, 0.5) is 0 Å². The van der Waals surface area contributed by atoms with Crippen LogP contribution in [0.15, 0.2) is 28.7 Å². The zero-order valence-electron chi connectivity index (χ0n) is 8.63. The van der Waals surface area contributed by atoms with E-state index in [1.165, 1.54) is 12.0 Å². The Bertz CT molecular complexity index is 264. The summed E-state index contributed by atoms with van der Waals surface area (Å²) in [6.07, 6.45) is 1.24. The zero-order valence-corrected chi connectivity index (χ0v) is 11.8. The van der Waals surface area contributed by atoms with Gasteiger partial charge in [-0.2, -0.15) is 0 Å². The minimum Gasteiger partial charge on any atom is -0.0921 e. The third-order valence-electron chi connectivity index (χ3n) is 2.28. The number of hydrogen-bond acceptors (Lipinski definition) is 0. The van der Waals surface area contributed by atoms with Crippen molar-refractivity contribution in [2.75, 3.05) is 5.33 Å². The summed E-state index contributed by atoms with van der Waals surface area (Å²) in [4.78, 5) is 0. The van der Waals surface area contributed by atoms with Crippen molar-refractivity contribution >= 4 is 31.9 Å². The SMILES string of the molecule is CC(C)CC(CBr)c1ccc(Br)cc1. The van der Waals surface area contributed by atoms with Crippen molar-refractivity contribution in [3.8, 4) is 0 Å². The van der Waals surface area contributed by atoms with Crippen LogP contribution < -0.4 is 0 Å². The lowest BCUT2D eigenvalue weighted by Gasteiger charge is -2.16. The Hall–Kier alpha value is 0.180. The third kappa shape index (κ3) is 3.74. The van der Waals surface area contributed by atoms with Gasteiger partial charge in [0.1, 0.15) is 0 Å². The summed E-state index contributed by atoms with van der Waals surface area (Å²) < 4.78 is 1.15. The first-order valence-electron chi connectivity index (χ1n) is 4.95. The number of hydrogen-bond donors (Lipinski definition) is 0. The lowest BCUT2D eigenvalue weighted by atomic mass is 9.92. The minimum atomic E-state index is 0.642. The van der Waals surface area contributed by atoms with Gasteiger partial charge in [-0.1, -0.05) is 57.8 Å². The number of halogens is 2. The molecule has 0 fully saturated rings. The second-order valence-electron chi connectivity index (χ2n) is 4.03. The van der Waals surface area contributed by atoms with Crippen LogP contribution in [-0.4, -0.2) is 5.33 Å². The molecule has 0 amide bonds. The molecular formula is C12H16Br2. The molecule has 0 saturated heterocycles. The highest BCUT2D eigenvalue weighted by Gasteiger charge is 2.11. The summed E-state index contributed by atoms with van der Waals surface area (Å²) in [5.74, 6) is 1.39. The van der Waals surface area contributed by atoms with Gasteiger partial charge in [-0.15, -0.1) is 0 Å². The first kappa shape index (κ1) is 12.3. The van der Waals surface area contributed by atoms with Gasteiger partial charge in [0, 0.05) is 9.80 Å². The Labute approximate surface area is 103 Å². The number of benzene rings is 1. The van der Waals surface area contributed by atoms with Crippen LogP contribution in [0.2, 0.25) is 0 Å². The van der Waals surface area contributed by atoms with Gasteiger partial charge in [-0.25, -0.2) is 0 Å². The van der Waals surface area contributed by atoms with E-state index in [9.17, 15) is 0 Å². The second kappa shape index (κ2) is 5.92.